The van der Waals surface area contributed by atoms with Gasteiger partial charge in [-0.15, -0.1) is 0 Å². The van der Waals surface area contributed by atoms with Crippen molar-refractivity contribution in [1.29, 1.82) is 0 Å². The zero-order chi connectivity index (χ0) is 26.3. The molecule has 0 saturated carbocycles. The first-order valence-electron chi connectivity index (χ1n) is 12.7. The molecular formula is C33H44O2. The van der Waals surface area contributed by atoms with E-state index < -0.39 is 0 Å². The highest BCUT2D eigenvalue weighted by Crippen LogP contribution is 2.23. The molecule has 0 atom stereocenters. The lowest BCUT2D eigenvalue weighted by Gasteiger charge is -2.08. The Morgan fingerprint density at radius 1 is 0.457 bits per heavy atom. The molecule has 0 fully saturated rings. The van der Waals surface area contributed by atoms with Gasteiger partial charge in [0.2, 0.25) is 0 Å². The van der Waals surface area contributed by atoms with E-state index in [0.29, 0.717) is 6.61 Å². The topological polar surface area (TPSA) is 18.5 Å². The summed E-state index contributed by atoms with van der Waals surface area (Å²) < 4.78 is 11.4. The van der Waals surface area contributed by atoms with Crippen molar-refractivity contribution in [3.05, 3.63) is 126 Å². The molecule has 0 aliphatic heterocycles. The van der Waals surface area contributed by atoms with E-state index in [0.717, 1.165) is 22.8 Å². The van der Waals surface area contributed by atoms with Crippen LogP contribution >= 0.6 is 0 Å². The predicted octanol–water partition coefficient (Wildman–Crippen LogP) is 10.4. The quantitative estimate of drug-likeness (QED) is 0.287. The Bertz CT molecular complexity index is 995. The molecule has 0 aliphatic rings. The van der Waals surface area contributed by atoms with Gasteiger partial charge < -0.3 is 9.47 Å². The summed E-state index contributed by atoms with van der Waals surface area (Å²) in [6.45, 7) is 16.7. The van der Waals surface area contributed by atoms with Gasteiger partial charge in [0.1, 0.15) is 23.9 Å². The smallest absolute Gasteiger partial charge is 0.130 e. The van der Waals surface area contributed by atoms with Gasteiger partial charge in [0.05, 0.1) is 0 Å². The van der Waals surface area contributed by atoms with Crippen molar-refractivity contribution < 1.29 is 9.47 Å². The second-order valence-electron chi connectivity index (χ2n) is 6.72. The van der Waals surface area contributed by atoms with Crippen molar-refractivity contribution in [3.63, 3.8) is 0 Å². The summed E-state index contributed by atoms with van der Waals surface area (Å²) in [6.07, 6.45) is 0. The Morgan fingerprint density at radius 3 is 1.34 bits per heavy atom. The number of rotatable bonds is 5. The first-order valence-corrected chi connectivity index (χ1v) is 12.7. The Balaban J connectivity index is 0.000000546. The third-order valence-electron chi connectivity index (χ3n) is 4.40. The molecule has 2 nitrogen and oxygen atoms in total. The van der Waals surface area contributed by atoms with Crippen LogP contribution in [-0.2, 0) is 6.61 Å². The van der Waals surface area contributed by atoms with Crippen LogP contribution in [0.2, 0.25) is 0 Å². The fourth-order valence-corrected chi connectivity index (χ4v) is 2.74. The monoisotopic (exact) mass is 472 g/mol. The fraction of sp³-hybridized carbons (Fsp3) is 0.273. The summed E-state index contributed by atoms with van der Waals surface area (Å²) in [5.41, 5.74) is 3.52. The summed E-state index contributed by atoms with van der Waals surface area (Å²) >= 11 is 0. The number of hydrogen-bond acceptors (Lipinski definition) is 2. The van der Waals surface area contributed by atoms with Gasteiger partial charge in [-0.05, 0) is 54.8 Å². The molecule has 0 radical (unpaired) electrons. The van der Waals surface area contributed by atoms with Crippen molar-refractivity contribution >= 4 is 0 Å². The molecule has 35 heavy (non-hydrogen) atoms. The average molecular weight is 473 g/mol. The molecule has 0 aliphatic carbocycles. The van der Waals surface area contributed by atoms with Crippen LogP contribution in [0.25, 0.3) is 0 Å². The Hall–Kier alpha value is -3.52. The summed E-state index contributed by atoms with van der Waals surface area (Å²) in [5.74, 6) is 2.75. The van der Waals surface area contributed by atoms with E-state index in [2.05, 4.69) is 25.1 Å². The Labute approximate surface area is 214 Å². The Kier molecular flexibility index (Phi) is 18.9. The number of benzene rings is 4. The zero-order valence-corrected chi connectivity index (χ0v) is 22.9. The number of hydrogen-bond donors (Lipinski definition) is 0. The highest BCUT2D eigenvalue weighted by molar-refractivity contribution is 5.36. The molecule has 188 valence electrons. The van der Waals surface area contributed by atoms with E-state index in [1.807, 2.05) is 139 Å². The van der Waals surface area contributed by atoms with Gasteiger partial charge in [-0.25, -0.2) is 0 Å². The van der Waals surface area contributed by atoms with E-state index in [4.69, 9.17) is 9.47 Å². The van der Waals surface area contributed by atoms with E-state index in [-0.39, 0.29) is 0 Å². The van der Waals surface area contributed by atoms with E-state index in [1.54, 1.807) is 0 Å². The van der Waals surface area contributed by atoms with Crippen molar-refractivity contribution in [2.75, 3.05) is 0 Å². The van der Waals surface area contributed by atoms with Crippen LogP contribution in [0.4, 0.5) is 0 Å². The minimum Gasteiger partial charge on any atom is -0.489 e. The maximum Gasteiger partial charge on any atom is 0.130 e. The molecule has 4 rings (SSSR count). The third-order valence-corrected chi connectivity index (χ3v) is 4.40. The van der Waals surface area contributed by atoms with Crippen LogP contribution in [0.5, 0.6) is 17.2 Å². The molecule has 0 bridgehead atoms. The summed E-state index contributed by atoms with van der Waals surface area (Å²) in [5, 5.41) is 0. The van der Waals surface area contributed by atoms with Crippen LogP contribution in [0, 0.1) is 13.8 Å². The van der Waals surface area contributed by atoms with Crippen molar-refractivity contribution in [1.82, 2.24) is 0 Å². The summed E-state index contributed by atoms with van der Waals surface area (Å²) in [6, 6.07) is 36.1. The maximum atomic E-state index is 5.72. The van der Waals surface area contributed by atoms with Crippen LogP contribution < -0.4 is 9.47 Å². The second kappa shape index (κ2) is 21.0. The standard InChI is InChI=1S/C14H14O.C13H12O.3C2H6/c1-12-7-5-6-10-14(12)15-11-13-8-3-2-4-9-13;1-11-7-5-6-10-13(11)14-12-8-3-2-4-9-12;3*1-2/h2-10H,11H2,1H3;2-10H,1H3;3*1-2H3. The molecule has 4 aromatic rings. The van der Waals surface area contributed by atoms with Gasteiger partial charge in [0.25, 0.3) is 0 Å². The summed E-state index contributed by atoms with van der Waals surface area (Å²) in [4.78, 5) is 0. The van der Waals surface area contributed by atoms with Gasteiger partial charge in [0, 0.05) is 0 Å². The number of para-hydroxylation sites is 3. The van der Waals surface area contributed by atoms with Crippen LogP contribution in [0.3, 0.4) is 0 Å². The lowest BCUT2D eigenvalue weighted by atomic mass is 10.2. The fourth-order valence-electron chi connectivity index (χ4n) is 2.74. The van der Waals surface area contributed by atoms with Gasteiger partial charge in [-0.1, -0.05) is 126 Å². The lowest BCUT2D eigenvalue weighted by molar-refractivity contribution is 0.304. The molecule has 2 heteroatoms. The van der Waals surface area contributed by atoms with Gasteiger partial charge in [0.15, 0.2) is 0 Å². The molecular weight excluding hydrogens is 428 g/mol. The van der Waals surface area contributed by atoms with Gasteiger partial charge in [-0.2, -0.15) is 0 Å². The van der Waals surface area contributed by atoms with Crippen LogP contribution in [-0.4, -0.2) is 0 Å². The van der Waals surface area contributed by atoms with E-state index in [1.165, 1.54) is 11.1 Å². The Morgan fingerprint density at radius 2 is 0.857 bits per heavy atom. The average Bonchev–Trinajstić information content (AvgIpc) is 2.94. The minimum absolute atomic E-state index is 0.631. The number of aryl methyl sites for hydroxylation is 2. The van der Waals surface area contributed by atoms with Gasteiger partial charge in [-0.3, -0.25) is 0 Å². The first-order chi connectivity index (χ1) is 17.2. The van der Waals surface area contributed by atoms with Gasteiger partial charge >= 0.3 is 0 Å². The largest absolute Gasteiger partial charge is 0.489 e. The zero-order valence-electron chi connectivity index (χ0n) is 22.9. The van der Waals surface area contributed by atoms with E-state index >= 15 is 0 Å². The second-order valence-corrected chi connectivity index (χ2v) is 6.72. The molecule has 0 amide bonds. The lowest BCUT2D eigenvalue weighted by Crippen LogP contribution is -1.96. The van der Waals surface area contributed by atoms with Crippen molar-refractivity contribution in [2.45, 2.75) is 62.0 Å². The molecule has 0 N–H and O–H groups in total. The number of ether oxygens (including phenoxy) is 2. The molecule has 0 heterocycles. The summed E-state index contributed by atoms with van der Waals surface area (Å²) in [7, 11) is 0. The van der Waals surface area contributed by atoms with Crippen LogP contribution in [0.15, 0.2) is 109 Å². The van der Waals surface area contributed by atoms with Crippen molar-refractivity contribution in [3.8, 4) is 17.2 Å². The van der Waals surface area contributed by atoms with Crippen LogP contribution in [0.1, 0.15) is 58.2 Å². The normalized spacial score (nSPS) is 8.69. The molecule has 0 aromatic heterocycles. The third kappa shape index (κ3) is 13.1. The predicted molar refractivity (Wildman–Crippen MR) is 154 cm³/mol. The minimum atomic E-state index is 0.631. The highest BCUT2D eigenvalue weighted by atomic mass is 16.5. The molecule has 0 saturated heterocycles. The van der Waals surface area contributed by atoms with E-state index in [9.17, 15) is 0 Å². The molecule has 0 unspecified atom stereocenters. The maximum absolute atomic E-state index is 5.72. The SMILES string of the molecule is CC.CC.CC.Cc1ccccc1OCc1ccccc1.Cc1ccccc1Oc1ccccc1. The molecule has 0 spiro atoms. The first kappa shape index (κ1) is 31.5. The molecule has 4 aromatic carbocycles. The van der Waals surface area contributed by atoms with Crippen molar-refractivity contribution in [2.24, 2.45) is 0 Å². The highest BCUT2D eigenvalue weighted by Gasteiger charge is 1.99.